The predicted octanol–water partition coefficient (Wildman–Crippen LogP) is 9.74. The molecule has 1 aromatic carbocycles. The molecular formula is C38H55F2N5O3. The summed E-state index contributed by atoms with van der Waals surface area (Å²) in [6.45, 7) is 18.8. The van der Waals surface area contributed by atoms with E-state index in [2.05, 4.69) is 40.4 Å². The van der Waals surface area contributed by atoms with Crippen LogP contribution in [-0.2, 0) is 13.2 Å². The zero-order chi connectivity index (χ0) is 35.9. The average molecular weight is 668 g/mol. The summed E-state index contributed by atoms with van der Waals surface area (Å²) in [6, 6.07) is 9.41. The zero-order valence-corrected chi connectivity index (χ0v) is 30.3. The van der Waals surface area contributed by atoms with Crippen LogP contribution in [0.1, 0.15) is 122 Å². The second-order valence-electron chi connectivity index (χ2n) is 11.4. The Morgan fingerprint density at radius 2 is 1.65 bits per heavy atom. The molecule has 2 aliphatic rings. The molecule has 264 valence electrons. The lowest BCUT2D eigenvalue weighted by atomic mass is 10.1. The molecule has 0 amide bonds. The van der Waals surface area contributed by atoms with Crippen LogP contribution in [0.15, 0.2) is 55.0 Å². The number of hydrogen-bond donors (Lipinski definition) is 1. The SMILES string of the molecule is C=C(c1ccc(COc2cc(CO)nc(-c3c(OC)ncnc3C3CC3)n2)cc1)N(/C=C(\C)C(C)(F)F)C1CC1.CC.CC.CCCC. The predicted molar refractivity (Wildman–Crippen MR) is 190 cm³/mol. The monoisotopic (exact) mass is 667 g/mol. The summed E-state index contributed by atoms with van der Waals surface area (Å²) < 4.78 is 39.1. The van der Waals surface area contributed by atoms with Crippen molar-refractivity contribution in [3.8, 4) is 23.1 Å². The van der Waals surface area contributed by atoms with Crippen molar-refractivity contribution >= 4 is 5.70 Å². The van der Waals surface area contributed by atoms with Gasteiger partial charge in [0.1, 0.15) is 18.5 Å². The molecule has 0 radical (unpaired) electrons. The molecule has 8 nitrogen and oxygen atoms in total. The van der Waals surface area contributed by atoms with Crippen molar-refractivity contribution in [1.82, 2.24) is 24.8 Å². The Bertz CT molecular complexity index is 1450. The first kappa shape index (κ1) is 40.3. The molecular weight excluding hydrogens is 612 g/mol. The summed E-state index contributed by atoms with van der Waals surface area (Å²) >= 11 is 0. The molecule has 5 rings (SSSR count). The minimum Gasteiger partial charge on any atom is -0.480 e. The number of hydrogen-bond acceptors (Lipinski definition) is 8. The number of ether oxygens (including phenoxy) is 2. The van der Waals surface area contributed by atoms with Gasteiger partial charge in [0.05, 0.1) is 25.1 Å². The molecule has 0 aliphatic heterocycles. The highest BCUT2D eigenvalue weighted by Crippen LogP contribution is 2.45. The highest BCUT2D eigenvalue weighted by Gasteiger charge is 2.33. The standard InChI is InChI=1S/C30H33F2N5O3.C4H10.2C2H6/c1-18(30(3,31)32)14-37(24-11-12-24)19(2)21-7-5-20(6-8-21)16-40-25-13-23(15-38)35-28(36-25)26-27(22-9-10-22)33-17-34-29(26)39-4;1-3-4-2;2*1-2/h5-8,13-14,17,22,24,38H,2,9-12,15-16H2,1,3-4H3;3-4H2,1-2H3;2*1-2H3/b18-14+;;;. The van der Waals surface area contributed by atoms with Crippen LogP contribution >= 0.6 is 0 Å². The number of halogens is 2. The first-order valence-electron chi connectivity index (χ1n) is 17.2. The van der Waals surface area contributed by atoms with Gasteiger partial charge < -0.3 is 19.5 Å². The molecule has 48 heavy (non-hydrogen) atoms. The molecule has 0 saturated heterocycles. The van der Waals surface area contributed by atoms with Crippen molar-refractivity contribution in [3.05, 3.63) is 77.5 Å². The fourth-order valence-corrected chi connectivity index (χ4v) is 4.33. The lowest BCUT2D eigenvalue weighted by Gasteiger charge is -2.25. The van der Waals surface area contributed by atoms with Crippen LogP contribution in [0, 0.1) is 0 Å². The number of alkyl halides is 2. The maximum atomic E-state index is 13.8. The van der Waals surface area contributed by atoms with Crippen LogP contribution in [-0.4, -0.2) is 49.0 Å². The fraction of sp³-hybridized carbons (Fsp3) is 0.526. The van der Waals surface area contributed by atoms with Gasteiger partial charge in [-0.25, -0.2) is 23.7 Å². The molecule has 3 aromatic rings. The van der Waals surface area contributed by atoms with Crippen molar-refractivity contribution < 1.29 is 23.4 Å². The normalized spacial score (nSPS) is 13.9. The Hall–Kier alpha value is -3.92. The third kappa shape index (κ3) is 11.6. The summed E-state index contributed by atoms with van der Waals surface area (Å²) in [5.74, 6) is -1.56. The van der Waals surface area contributed by atoms with Gasteiger partial charge in [-0.3, -0.25) is 0 Å². The second kappa shape index (κ2) is 19.8. The van der Waals surface area contributed by atoms with Crippen LogP contribution in [0.4, 0.5) is 8.78 Å². The lowest BCUT2D eigenvalue weighted by molar-refractivity contribution is 0.0619. The molecule has 2 heterocycles. The Balaban J connectivity index is 0.000000917. The van der Waals surface area contributed by atoms with Crippen molar-refractivity contribution in [2.45, 2.75) is 125 Å². The number of rotatable bonds is 13. The van der Waals surface area contributed by atoms with Crippen LogP contribution in [0.3, 0.4) is 0 Å². The first-order chi connectivity index (χ1) is 23.1. The van der Waals surface area contributed by atoms with Crippen molar-refractivity contribution in [1.29, 1.82) is 0 Å². The van der Waals surface area contributed by atoms with Gasteiger partial charge in [-0.05, 0) is 43.7 Å². The first-order valence-corrected chi connectivity index (χ1v) is 17.2. The maximum absolute atomic E-state index is 13.8. The molecule has 1 N–H and O–H groups in total. The van der Waals surface area contributed by atoms with Crippen LogP contribution in [0.5, 0.6) is 11.8 Å². The van der Waals surface area contributed by atoms with E-state index in [-0.39, 0.29) is 24.8 Å². The van der Waals surface area contributed by atoms with Gasteiger partial charge in [-0.15, -0.1) is 0 Å². The van der Waals surface area contributed by atoms with Gasteiger partial charge >= 0.3 is 0 Å². The smallest absolute Gasteiger partial charge is 0.268 e. The van der Waals surface area contributed by atoms with Crippen molar-refractivity contribution in [2.24, 2.45) is 0 Å². The van der Waals surface area contributed by atoms with E-state index in [0.717, 1.165) is 49.4 Å². The third-order valence-corrected chi connectivity index (χ3v) is 7.59. The minimum absolute atomic E-state index is 0.000904. The summed E-state index contributed by atoms with van der Waals surface area (Å²) in [6.07, 6.45) is 9.58. The molecule has 0 spiro atoms. The van der Waals surface area contributed by atoms with Crippen molar-refractivity contribution in [3.63, 3.8) is 0 Å². The fourth-order valence-electron chi connectivity index (χ4n) is 4.33. The topological polar surface area (TPSA) is 93.5 Å². The second-order valence-corrected chi connectivity index (χ2v) is 11.4. The van der Waals surface area contributed by atoms with Crippen LogP contribution < -0.4 is 9.47 Å². The average Bonchev–Trinajstić information content (AvgIpc) is 4.05. The Morgan fingerprint density at radius 3 is 2.15 bits per heavy atom. The summed E-state index contributed by atoms with van der Waals surface area (Å²) in [4.78, 5) is 19.6. The van der Waals surface area contributed by atoms with E-state index in [0.29, 0.717) is 40.5 Å². The highest BCUT2D eigenvalue weighted by molar-refractivity contribution is 5.66. The minimum atomic E-state index is -2.89. The molecule has 2 saturated carbocycles. The van der Waals surface area contributed by atoms with E-state index in [1.54, 1.807) is 6.07 Å². The Kier molecular flexibility index (Phi) is 16.6. The van der Waals surface area contributed by atoms with Crippen LogP contribution in [0.2, 0.25) is 0 Å². The molecule has 0 bridgehead atoms. The quantitative estimate of drug-likeness (QED) is 0.193. The van der Waals surface area contributed by atoms with E-state index >= 15 is 0 Å². The van der Waals surface area contributed by atoms with E-state index in [1.165, 1.54) is 39.4 Å². The molecule has 2 fully saturated rings. The summed E-state index contributed by atoms with van der Waals surface area (Å²) in [5.41, 5.74) is 4.25. The van der Waals surface area contributed by atoms with Gasteiger partial charge in [0.25, 0.3) is 5.92 Å². The third-order valence-electron chi connectivity index (χ3n) is 7.59. The summed E-state index contributed by atoms with van der Waals surface area (Å²) in [5, 5.41) is 9.84. The number of methoxy groups -OCH3 is 1. The maximum Gasteiger partial charge on any atom is 0.268 e. The van der Waals surface area contributed by atoms with Gasteiger partial charge in [-0.2, -0.15) is 4.98 Å². The lowest BCUT2D eigenvalue weighted by Crippen LogP contribution is -2.21. The van der Waals surface area contributed by atoms with E-state index in [9.17, 15) is 13.9 Å². The number of unbranched alkanes of at least 4 members (excludes halogenated alkanes) is 1. The van der Waals surface area contributed by atoms with Crippen molar-refractivity contribution in [2.75, 3.05) is 7.11 Å². The Labute approximate surface area is 286 Å². The largest absolute Gasteiger partial charge is 0.480 e. The number of benzene rings is 1. The molecule has 2 aliphatic carbocycles. The molecule has 10 heteroatoms. The van der Waals surface area contributed by atoms with Gasteiger partial charge in [0.2, 0.25) is 11.8 Å². The number of nitrogens with zero attached hydrogens (tertiary/aromatic N) is 5. The molecule has 2 aromatic heterocycles. The van der Waals surface area contributed by atoms with Gasteiger partial charge in [-0.1, -0.05) is 85.2 Å². The Morgan fingerprint density at radius 1 is 1.02 bits per heavy atom. The van der Waals surface area contributed by atoms with E-state index in [1.807, 2.05) is 56.9 Å². The van der Waals surface area contributed by atoms with Gasteiger partial charge in [0, 0.05) is 42.4 Å². The number of aliphatic hydroxyl groups is 1. The number of allylic oxidation sites excluding steroid dienone is 1. The molecule has 0 atom stereocenters. The zero-order valence-electron chi connectivity index (χ0n) is 30.3. The highest BCUT2D eigenvalue weighted by atomic mass is 19.3. The van der Waals surface area contributed by atoms with E-state index < -0.39 is 5.92 Å². The van der Waals surface area contributed by atoms with Gasteiger partial charge in [0.15, 0.2) is 5.82 Å². The van der Waals surface area contributed by atoms with E-state index in [4.69, 9.17) is 9.47 Å². The number of aliphatic hydroxyl groups excluding tert-OH is 1. The summed E-state index contributed by atoms with van der Waals surface area (Å²) in [7, 11) is 1.54. The van der Waals surface area contributed by atoms with Crippen LogP contribution in [0.25, 0.3) is 17.1 Å². The number of aromatic nitrogens is 4. The molecule has 0 unspecified atom stereocenters.